The third-order valence-corrected chi connectivity index (χ3v) is 10.9. The average molecular weight is 706 g/mol. The van der Waals surface area contributed by atoms with Crippen LogP contribution in [0.3, 0.4) is 0 Å². The van der Waals surface area contributed by atoms with Gasteiger partial charge >= 0.3 is 5.91 Å². The van der Waals surface area contributed by atoms with Gasteiger partial charge in [0.2, 0.25) is 5.13 Å². The van der Waals surface area contributed by atoms with Crippen molar-refractivity contribution in [2.24, 2.45) is 0 Å². The zero-order valence-electron chi connectivity index (χ0n) is 28.0. The summed E-state index contributed by atoms with van der Waals surface area (Å²) in [5.41, 5.74) is 3.98. The number of anilines is 1. The molecule has 3 aromatic heterocycles. The predicted octanol–water partition coefficient (Wildman–Crippen LogP) is 8.06. The van der Waals surface area contributed by atoms with Crippen molar-refractivity contribution in [1.82, 2.24) is 19.6 Å². The molecule has 0 saturated carbocycles. The highest BCUT2D eigenvalue weighted by atomic mass is 32.2. The number of imidazole rings is 1. The molecule has 7 rings (SSSR count). The molecule has 10 nitrogen and oxygen atoms in total. The molecule has 1 amide bonds. The summed E-state index contributed by atoms with van der Waals surface area (Å²) in [6.07, 6.45) is 3.69. The van der Waals surface area contributed by atoms with E-state index in [2.05, 4.69) is 41.4 Å². The van der Waals surface area contributed by atoms with E-state index < -0.39 is 17.7 Å². The lowest BCUT2D eigenvalue weighted by molar-refractivity contribution is -0.132. The number of thioether (sulfide) groups is 1. The van der Waals surface area contributed by atoms with Crippen molar-refractivity contribution < 1.29 is 24.2 Å². The zero-order valence-corrected chi connectivity index (χ0v) is 29.7. The number of ether oxygens (including phenoxy) is 2. The second kappa shape index (κ2) is 14.0. The van der Waals surface area contributed by atoms with E-state index in [1.54, 1.807) is 18.2 Å². The number of nitrogens with zero attached hydrogens (tertiary/aromatic N) is 5. The van der Waals surface area contributed by atoms with Gasteiger partial charge in [-0.05, 0) is 65.9 Å². The first-order valence-corrected chi connectivity index (χ1v) is 18.1. The minimum Gasteiger partial charge on any atom is -0.505 e. The lowest BCUT2D eigenvalue weighted by Crippen LogP contribution is -2.29. The number of amides is 1. The number of fused-ring (bicyclic) bond motifs is 2. The van der Waals surface area contributed by atoms with E-state index in [1.165, 1.54) is 35.1 Å². The number of rotatable bonds is 11. The number of aromatic nitrogens is 4. The standard InChI is InChI=1S/C38H35N5O5S2/c1-5-6-19-48-28-17-16-25(20-29(28)47-4)32-30(33(44)31-23(3)42-18-10-11-22(2)35(42)39-31)34(45)36(46)43(32)37-40-41-38(50-37)49-21-26-14-9-13-24-12-7-8-15-27(24)26/h7-18,20,32,44H,5-6,19,21H2,1-4H3/b33-30+. The van der Waals surface area contributed by atoms with Crippen molar-refractivity contribution in [3.63, 3.8) is 0 Å². The molecule has 3 aromatic carbocycles. The van der Waals surface area contributed by atoms with Crippen molar-refractivity contribution in [2.75, 3.05) is 18.6 Å². The second-order valence-corrected chi connectivity index (χ2v) is 14.2. The van der Waals surface area contributed by atoms with Gasteiger partial charge in [-0.1, -0.05) is 91.0 Å². The molecule has 1 aliphatic heterocycles. The smallest absolute Gasteiger partial charge is 0.301 e. The lowest BCUT2D eigenvalue weighted by atomic mass is 9.96. The highest BCUT2D eigenvalue weighted by molar-refractivity contribution is 8.00. The molecule has 1 fully saturated rings. The Balaban J connectivity index is 1.30. The maximum Gasteiger partial charge on any atom is 0.301 e. The summed E-state index contributed by atoms with van der Waals surface area (Å²) in [6, 6.07) is 22.4. The average Bonchev–Trinajstić information content (AvgIpc) is 3.81. The van der Waals surface area contributed by atoms with Crippen LogP contribution in [-0.2, 0) is 15.3 Å². The number of benzene rings is 3. The SMILES string of the molecule is CCCCOc1ccc(C2/C(=C(\O)c3nc4c(C)cccn4c3C)C(=O)C(=O)N2c2nnc(SCc3cccc4ccccc34)s2)cc1OC. The highest BCUT2D eigenvalue weighted by Gasteiger charge is 2.49. The molecule has 6 aromatic rings. The Morgan fingerprint density at radius 3 is 2.62 bits per heavy atom. The van der Waals surface area contributed by atoms with Crippen molar-refractivity contribution in [1.29, 1.82) is 0 Å². The van der Waals surface area contributed by atoms with Crippen molar-refractivity contribution in [3.8, 4) is 11.5 Å². The molecular formula is C38H35N5O5S2. The summed E-state index contributed by atoms with van der Waals surface area (Å²) >= 11 is 2.72. The molecule has 12 heteroatoms. The van der Waals surface area contributed by atoms with Gasteiger partial charge in [-0.2, -0.15) is 0 Å². The zero-order chi connectivity index (χ0) is 34.9. The van der Waals surface area contributed by atoms with E-state index in [4.69, 9.17) is 14.5 Å². The number of unbranched alkanes of at least 4 members (excludes halogenated alkanes) is 1. The van der Waals surface area contributed by atoms with Gasteiger partial charge in [0, 0.05) is 11.9 Å². The van der Waals surface area contributed by atoms with Gasteiger partial charge in [0.15, 0.2) is 21.6 Å². The van der Waals surface area contributed by atoms with Crippen LogP contribution in [0.2, 0.25) is 0 Å². The minimum atomic E-state index is -1.04. The Hall–Kier alpha value is -5.20. The van der Waals surface area contributed by atoms with Crippen molar-refractivity contribution in [2.45, 2.75) is 49.7 Å². The third kappa shape index (κ3) is 5.98. The molecule has 0 radical (unpaired) electrons. The molecule has 254 valence electrons. The number of carbonyl (C=O) groups excluding carboxylic acids is 2. The number of hydrogen-bond acceptors (Lipinski definition) is 10. The van der Waals surface area contributed by atoms with E-state index in [0.717, 1.165) is 34.7 Å². The van der Waals surface area contributed by atoms with Crippen molar-refractivity contribution >= 4 is 62.1 Å². The second-order valence-electron chi connectivity index (χ2n) is 12.0. The van der Waals surface area contributed by atoms with Gasteiger partial charge in [0.1, 0.15) is 11.3 Å². The predicted molar refractivity (Wildman–Crippen MR) is 196 cm³/mol. The highest BCUT2D eigenvalue weighted by Crippen LogP contribution is 2.46. The number of aliphatic hydroxyl groups excluding tert-OH is 1. The van der Waals surface area contributed by atoms with E-state index in [1.807, 2.05) is 54.8 Å². The number of Topliss-reactive ketones (excluding diaryl/α,β-unsaturated/α-hetero) is 1. The van der Waals surface area contributed by atoms with E-state index in [9.17, 15) is 14.7 Å². The van der Waals surface area contributed by atoms with Gasteiger partial charge in [-0.25, -0.2) is 4.98 Å². The molecule has 1 atom stereocenters. The summed E-state index contributed by atoms with van der Waals surface area (Å²) in [5.74, 6) is -0.416. The summed E-state index contributed by atoms with van der Waals surface area (Å²) in [4.78, 5) is 34.0. The molecule has 50 heavy (non-hydrogen) atoms. The first-order valence-electron chi connectivity index (χ1n) is 16.3. The van der Waals surface area contributed by atoms with E-state index >= 15 is 0 Å². The largest absolute Gasteiger partial charge is 0.505 e. The summed E-state index contributed by atoms with van der Waals surface area (Å²) in [6.45, 7) is 6.34. The van der Waals surface area contributed by atoms with Gasteiger partial charge in [0.05, 0.1) is 31.0 Å². The van der Waals surface area contributed by atoms with E-state index in [0.29, 0.717) is 45.1 Å². The number of hydrogen-bond donors (Lipinski definition) is 1. The van der Waals surface area contributed by atoms with Crippen LogP contribution in [0.5, 0.6) is 11.5 Å². The van der Waals surface area contributed by atoms with Gasteiger partial charge in [-0.15, -0.1) is 10.2 Å². The van der Waals surface area contributed by atoms with Crippen LogP contribution in [0.1, 0.15) is 53.9 Å². The molecule has 0 aliphatic carbocycles. The number of methoxy groups -OCH3 is 1. The fraction of sp³-hybridized carbons (Fsp3) is 0.237. The Kier molecular flexibility index (Phi) is 9.30. The Labute approximate surface area is 297 Å². The first kappa shape index (κ1) is 33.3. The Morgan fingerprint density at radius 2 is 1.82 bits per heavy atom. The summed E-state index contributed by atoms with van der Waals surface area (Å²) < 4.78 is 14.2. The topological polar surface area (TPSA) is 119 Å². The molecule has 1 saturated heterocycles. The quantitative estimate of drug-likeness (QED) is 0.0357. The number of pyridine rings is 1. The van der Waals surface area contributed by atoms with Crippen LogP contribution < -0.4 is 14.4 Å². The van der Waals surface area contributed by atoms with Crippen LogP contribution in [-0.4, -0.2) is 50.1 Å². The van der Waals surface area contributed by atoms with Crippen LogP contribution in [0.25, 0.3) is 22.2 Å². The number of ketones is 1. The fourth-order valence-corrected chi connectivity index (χ4v) is 8.11. The normalized spacial score (nSPS) is 15.8. The Morgan fingerprint density at radius 1 is 1.00 bits per heavy atom. The maximum atomic E-state index is 14.0. The van der Waals surface area contributed by atoms with Crippen LogP contribution in [0, 0.1) is 13.8 Å². The summed E-state index contributed by atoms with van der Waals surface area (Å²) in [5, 5.41) is 23.3. The van der Waals surface area contributed by atoms with Gasteiger partial charge < -0.3 is 19.0 Å². The van der Waals surface area contributed by atoms with Gasteiger partial charge in [0.25, 0.3) is 5.78 Å². The molecule has 1 unspecified atom stereocenters. The molecule has 1 aliphatic rings. The fourth-order valence-electron chi connectivity index (χ4n) is 6.24. The summed E-state index contributed by atoms with van der Waals surface area (Å²) in [7, 11) is 1.54. The molecule has 0 spiro atoms. The van der Waals surface area contributed by atoms with Crippen LogP contribution in [0.4, 0.5) is 5.13 Å². The number of aryl methyl sites for hydroxylation is 2. The molecule has 4 heterocycles. The number of aliphatic hydroxyl groups is 1. The minimum absolute atomic E-state index is 0.0963. The van der Waals surface area contributed by atoms with Gasteiger partial charge in [-0.3, -0.25) is 14.5 Å². The molecule has 1 N–H and O–H groups in total. The lowest BCUT2D eigenvalue weighted by Gasteiger charge is -2.23. The molecule has 0 bridgehead atoms. The van der Waals surface area contributed by atoms with Crippen LogP contribution >= 0.6 is 23.1 Å². The number of carbonyl (C=O) groups is 2. The third-order valence-electron chi connectivity index (χ3n) is 8.84. The van der Waals surface area contributed by atoms with E-state index in [-0.39, 0.29) is 22.2 Å². The maximum absolute atomic E-state index is 14.0. The molecular weight excluding hydrogens is 671 g/mol. The van der Waals surface area contributed by atoms with Crippen molar-refractivity contribution in [3.05, 3.63) is 113 Å². The monoisotopic (exact) mass is 705 g/mol. The first-order chi connectivity index (χ1) is 24.3. The van der Waals surface area contributed by atoms with Crippen LogP contribution in [0.15, 0.2) is 88.9 Å². The Bertz CT molecular complexity index is 2290.